The van der Waals surface area contributed by atoms with Gasteiger partial charge in [0.25, 0.3) is 8.32 Å². The summed E-state index contributed by atoms with van der Waals surface area (Å²) in [6, 6.07) is 32.3. The maximum absolute atomic E-state index is 6.97. The van der Waals surface area contributed by atoms with Crippen molar-refractivity contribution in [2.24, 2.45) is 0 Å². The SMILES string of the molecule is CC(C)(C)[Si](OCCC[C@H]1OC1c1ccccc1)(c1ccccc1)c1ccccc1. The molecular formula is C27H32O2Si. The Labute approximate surface area is 182 Å². The molecule has 0 bridgehead atoms. The Morgan fingerprint density at radius 2 is 1.27 bits per heavy atom. The molecule has 3 aromatic carbocycles. The summed E-state index contributed by atoms with van der Waals surface area (Å²) in [6.07, 6.45) is 2.64. The van der Waals surface area contributed by atoms with Crippen LogP contribution in [0.1, 0.15) is 45.3 Å². The summed E-state index contributed by atoms with van der Waals surface area (Å²) in [5.41, 5.74) is 1.29. The van der Waals surface area contributed by atoms with Crippen LogP contribution in [0.5, 0.6) is 0 Å². The molecule has 3 aromatic rings. The van der Waals surface area contributed by atoms with Gasteiger partial charge in [-0.2, -0.15) is 0 Å². The molecule has 1 saturated heterocycles. The molecular weight excluding hydrogens is 384 g/mol. The lowest BCUT2D eigenvalue weighted by molar-refractivity contribution is 0.277. The van der Waals surface area contributed by atoms with Crippen molar-refractivity contribution >= 4 is 18.7 Å². The minimum atomic E-state index is -2.42. The van der Waals surface area contributed by atoms with Gasteiger partial charge in [-0.3, -0.25) is 0 Å². The molecule has 1 unspecified atom stereocenters. The molecule has 0 spiro atoms. The zero-order chi connectivity index (χ0) is 21.0. The number of rotatable bonds is 8. The highest BCUT2D eigenvalue weighted by Gasteiger charge is 2.50. The predicted molar refractivity (Wildman–Crippen MR) is 127 cm³/mol. The fraction of sp³-hybridized carbons (Fsp3) is 0.333. The molecule has 1 fully saturated rings. The van der Waals surface area contributed by atoms with Crippen LogP contribution < -0.4 is 10.4 Å². The van der Waals surface area contributed by atoms with Gasteiger partial charge in [-0.1, -0.05) is 112 Å². The van der Waals surface area contributed by atoms with Gasteiger partial charge in [-0.15, -0.1) is 0 Å². The van der Waals surface area contributed by atoms with Crippen LogP contribution in [-0.4, -0.2) is 21.0 Å². The van der Waals surface area contributed by atoms with E-state index < -0.39 is 8.32 Å². The van der Waals surface area contributed by atoms with Gasteiger partial charge in [0.15, 0.2) is 0 Å². The van der Waals surface area contributed by atoms with Gasteiger partial charge in [0.1, 0.15) is 6.10 Å². The van der Waals surface area contributed by atoms with Gasteiger partial charge < -0.3 is 9.16 Å². The van der Waals surface area contributed by atoms with Gasteiger partial charge in [-0.05, 0) is 33.8 Å². The van der Waals surface area contributed by atoms with Gasteiger partial charge in [0.05, 0.1) is 6.10 Å². The average Bonchev–Trinajstić information content (AvgIpc) is 3.54. The molecule has 2 nitrogen and oxygen atoms in total. The number of benzene rings is 3. The Kier molecular flexibility index (Phi) is 6.23. The van der Waals surface area contributed by atoms with Crippen molar-refractivity contribution in [1.82, 2.24) is 0 Å². The molecule has 4 rings (SSSR count). The number of ether oxygens (including phenoxy) is 1. The Bertz CT molecular complexity index is 880. The highest BCUT2D eigenvalue weighted by Crippen LogP contribution is 2.41. The van der Waals surface area contributed by atoms with Crippen LogP contribution in [-0.2, 0) is 9.16 Å². The van der Waals surface area contributed by atoms with Crippen LogP contribution in [0.3, 0.4) is 0 Å². The zero-order valence-electron chi connectivity index (χ0n) is 18.3. The molecule has 1 heterocycles. The van der Waals surface area contributed by atoms with E-state index >= 15 is 0 Å². The fourth-order valence-electron chi connectivity index (χ4n) is 4.57. The lowest BCUT2D eigenvalue weighted by atomic mass is 10.1. The molecule has 1 aliphatic heterocycles. The van der Waals surface area contributed by atoms with Crippen molar-refractivity contribution in [3.05, 3.63) is 96.6 Å². The third kappa shape index (κ3) is 4.29. The first-order valence-electron chi connectivity index (χ1n) is 11.0. The van der Waals surface area contributed by atoms with Gasteiger partial charge in [-0.25, -0.2) is 0 Å². The van der Waals surface area contributed by atoms with Crippen molar-refractivity contribution in [3.63, 3.8) is 0 Å². The first-order valence-corrected chi connectivity index (χ1v) is 12.9. The molecule has 0 amide bonds. The van der Waals surface area contributed by atoms with Crippen molar-refractivity contribution in [2.75, 3.05) is 6.61 Å². The minimum absolute atomic E-state index is 0.0262. The van der Waals surface area contributed by atoms with Crippen molar-refractivity contribution in [2.45, 2.75) is 50.9 Å². The molecule has 0 N–H and O–H groups in total. The van der Waals surface area contributed by atoms with Crippen molar-refractivity contribution in [3.8, 4) is 0 Å². The maximum Gasteiger partial charge on any atom is 0.261 e. The Morgan fingerprint density at radius 3 is 1.77 bits per heavy atom. The van der Waals surface area contributed by atoms with Crippen molar-refractivity contribution in [1.29, 1.82) is 0 Å². The Hall–Kier alpha value is -2.20. The number of epoxide rings is 1. The Morgan fingerprint density at radius 1 is 0.767 bits per heavy atom. The molecule has 0 radical (unpaired) electrons. The van der Waals surface area contributed by atoms with Crippen LogP contribution in [0, 0.1) is 0 Å². The van der Waals surface area contributed by atoms with E-state index in [1.54, 1.807) is 0 Å². The largest absolute Gasteiger partial charge is 0.407 e. The first-order chi connectivity index (χ1) is 14.5. The normalized spacial score (nSPS) is 18.9. The van der Waals surface area contributed by atoms with E-state index in [0.717, 1.165) is 19.4 Å². The number of hydrogen-bond donors (Lipinski definition) is 0. The minimum Gasteiger partial charge on any atom is -0.407 e. The summed E-state index contributed by atoms with van der Waals surface area (Å²) >= 11 is 0. The highest BCUT2D eigenvalue weighted by molar-refractivity contribution is 6.99. The lowest BCUT2D eigenvalue weighted by Gasteiger charge is -2.43. The molecule has 1 aliphatic rings. The van der Waals surface area contributed by atoms with Crippen LogP contribution in [0.2, 0.25) is 5.04 Å². The molecule has 30 heavy (non-hydrogen) atoms. The Balaban J connectivity index is 1.49. The van der Waals surface area contributed by atoms with Crippen LogP contribution in [0.25, 0.3) is 0 Å². The quantitative estimate of drug-likeness (QED) is 0.275. The highest BCUT2D eigenvalue weighted by atomic mass is 28.4. The first kappa shape index (κ1) is 21.0. The zero-order valence-corrected chi connectivity index (χ0v) is 19.3. The molecule has 0 aliphatic carbocycles. The van der Waals surface area contributed by atoms with E-state index in [9.17, 15) is 0 Å². The van der Waals surface area contributed by atoms with E-state index in [1.165, 1.54) is 15.9 Å². The van der Waals surface area contributed by atoms with Gasteiger partial charge in [0, 0.05) is 6.61 Å². The topological polar surface area (TPSA) is 21.8 Å². The third-order valence-corrected chi connectivity index (χ3v) is 11.1. The summed E-state index contributed by atoms with van der Waals surface area (Å²) in [7, 11) is -2.42. The summed E-state index contributed by atoms with van der Waals surface area (Å²) in [5.74, 6) is 0. The maximum atomic E-state index is 6.97. The van der Waals surface area contributed by atoms with E-state index in [4.69, 9.17) is 9.16 Å². The van der Waals surface area contributed by atoms with Gasteiger partial charge >= 0.3 is 0 Å². The summed E-state index contributed by atoms with van der Waals surface area (Å²) in [4.78, 5) is 0. The second kappa shape index (κ2) is 8.89. The average molecular weight is 417 g/mol. The smallest absolute Gasteiger partial charge is 0.261 e. The van der Waals surface area contributed by atoms with E-state index in [2.05, 4.69) is 112 Å². The molecule has 156 valence electrons. The molecule has 2 atom stereocenters. The third-order valence-electron chi connectivity index (χ3n) is 6.08. The fourth-order valence-corrected chi connectivity index (χ4v) is 9.18. The van der Waals surface area contributed by atoms with Gasteiger partial charge in [0.2, 0.25) is 0 Å². The van der Waals surface area contributed by atoms with Crippen LogP contribution in [0.15, 0.2) is 91.0 Å². The molecule has 0 saturated carbocycles. The lowest BCUT2D eigenvalue weighted by Crippen LogP contribution is -2.66. The van der Waals surface area contributed by atoms with E-state index in [1.807, 2.05) is 0 Å². The van der Waals surface area contributed by atoms with Crippen molar-refractivity contribution < 1.29 is 9.16 Å². The number of hydrogen-bond acceptors (Lipinski definition) is 2. The van der Waals surface area contributed by atoms with E-state index in [0.29, 0.717) is 6.10 Å². The van der Waals surface area contributed by atoms with Crippen LogP contribution in [0.4, 0.5) is 0 Å². The monoisotopic (exact) mass is 416 g/mol. The molecule has 3 heteroatoms. The predicted octanol–water partition coefficient (Wildman–Crippen LogP) is 5.48. The standard InChI is InChI=1S/C27H32O2Si/c1-27(2,3)30(23-16-9-5-10-17-23,24-18-11-6-12-19-24)28-21-13-20-25-26(29-25)22-14-7-4-8-15-22/h4-12,14-19,25-26H,13,20-21H2,1-3H3/t25-,26?/m1/s1. The summed E-state index contributed by atoms with van der Waals surface area (Å²) in [5, 5.41) is 2.71. The summed E-state index contributed by atoms with van der Waals surface area (Å²) in [6.45, 7) is 7.74. The second-order valence-corrected chi connectivity index (χ2v) is 13.5. The molecule has 0 aromatic heterocycles. The van der Waals surface area contributed by atoms with Crippen LogP contribution >= 0.6 is 0 Å². The summed E-state index contributed by atoms with van der Waals surface area (Å²) < 4.78 is 12.9. The second-order valence-electron chi connectivity index (χ2n) is 9.16. The van der Waals surface area contributed by atoms with E-state index in [-0.39, 0.29) is 11.1 Å².